The normalized spacial score (nSPS) is 11.5. The van der Waals surface area contributed by atoms with E-state index in [0.29, 0.717) is 13.0 Å². The van der Waals surface area contributed by atoms with Crippen LogP contribution in [0.2, 0.25) is 0 Å². The molecular formula is C50H100O2. The van der Waals surface area contributed by atoms with Gasteiger partial charge >= 0.3 is 5.97 Å². The lowest BCUT2D eigenvalue weighted by Crippen LogP contribution is -2.05. The zero-order chi connectivity index (χ0) is 37.5. The van der Waals surface area contributed by atoms with E-state index in [2.05, 4.69) is 13.8 Å². The molecule has 0 fully saturated rings. The van der Waals surface area contributed by atoms with Crippen molar-refractivity contribution < 1.29 is 9.53 Å². The number of hydrogen-bond acceptors (Lipinski definition) is 2. The molecule has 0 aromatic heterocycles. The largest absolute Gasteiger partial charge is 0.466 e. The molecule has 312 valence electrons. The van der Waals surface area contributed by atoms with Crippen LogP contribution < -0.4 is 0 Å². The molecule has 0 spiro atoms. The Kier molecular flexibility index (Phi) is 48.0. The summed E-state index contributed by atoms with van der Waals surface area (Å²) in [6, 6.07) is 0. The zero-order valence-electron chi connectivity index (χ0n) is 36.6. The van der Waals surface area contributed by atoms with Crippen LogP contribution in [0.3, 0.4) is 0 Å². The van der Waals surface area contributed by atoms with E-state index >= 15 is 0 Å². The molecule has 0 radical (unpaired) electrons. The molecule has 0 bridgehead atoms. The molecule has 0 saturated heterocycles. The van der Waals surface area contributed by atoms with Crippen LogP contribution in [0, 0.1) is 0 Å². The zero-order valence-corrected chi connectivity index (χ0v) is 36.6. The standard InChI is InChI=1S/C50H100O2/c1-3-5-7-9-11-13-15-17-19-21-22-23-24-25-26-27-28-29-30-31-32-33-34-36-38-40-42-44-46-48-50(51)52-49-47-45-43-41-39-37-35-20-18-16-14-12-10-8-6-4-2/h3-49H2,1-2H3. The van der Waals surface area contributed by atoms with Crippen molar-refractivity contribution in [1.29, 1.82) is 0 Å². The lowest BCUT2D eigenvalue weighted by Gasteiger charge is -2.06. The fourth-order valence-electron chi connectivity index (χ4n) is 8.02. The first-order chi connectivity index (χ1) is 25.8. The number of rotatable bonds is 47. The number of esters is 1. The van der Waals surface area contributed by atoms with Gasteiger partial charge in [-0.2, -0.15) is 0 Å². The maximum Gasteiger partial charge on any atom is 0.305 e. The van der Waals surface area contributed by atoms with Gasteiger partial charge in [-0.05, 0) is 12.8 Å². The van der Waals surface area contributed by atoms with E-state index in [9.17, 15) is 4.79 Å². The minimum Gasteiger partial charge on any atom is -0.466 e. The first-order valence-corrected chi connectivity index (χ1v) is 25.0. The molecule has 0 rings (SSSR count). The molecular weight excluding hydrogens is 633 g/mol. The van der Waals surface area contributed by atoms with Crippen molar-refractivity contribution in [3.05, 3.63) is 0 Å². The molecule has 0 unspecified atom stereocenters. The molecule has 0 aromatic rings. The Balaban J connectivity index is 3.13. The molecule has 0 saturated carbocycles. The smallest absolute Gasteiger partial charge is 0.305 e. The summed E-state index contributed by atoms with van der Waals surface area (Å²) in [4.78, 5) is 12.0. The average Bonchev–Trinajstić information content (AvgIpc) is 3.15. The lowest BCUT2D eigenvalue weighted by atomic mass is 10.0. The van der Waals surface area contributed by atoms with E-state index in [0.717, 1.165) is 12.8 Å². The molecule has 2 nitrogen and oxygen atoms in total. The third kappa shape index (κ3) is 47.5. The summed E-state index contributed by atoms with van der Waals surface area (Å²) in [6.07, 6.45) is 63.9. The van der Waals surface area contributed by atoms with Gasteiger partial charge in [0.05, 0.1) is 6.61 Å². The SMILES string of the molecule is CCCCCCCCCCCCCCCCCCCCCCCCCCCCCCCC(=O)OCCCCCCCCCCCCCCCCCC. The summed E-state index contributed by atoms with van der Waals surface area (Å²) in [5, 5.41) is 0. The van der Waals surface area contributed by atoms with Crippen molar-refractivity contribution in [3.63, 3.8) is 0 Å². The van der Waals surface area contributed by atoms with Gasteiger partial charge in [-0.3, -0.25) is 4.79 Å². The summed E-state index contributed by atoms with van der Waals surface area (Å²) < 4.78 is 5.49. The van der Waals surface area contributed by atoms with Crippen LogP contribution in [0.5, 0.6) is 0 Å². The van der Waals surface area contributed by atoms with Crippen LogP contribution in [-0.2, 0) is 9.53 Å². The van der Waals surface area contributed by atoms with Crippen molar-refractivity contribution in [2.45, 2.75) is 309 Å². The van der Waals surface area contributed by atoms with Gasteiger partial charge < -0.3 is 4.74 Å². The van der Waals surface area contributed by atoms with E-state index in [1.807, 2.05) is 0 Å². The van der Waals surface area contributed by atoms with E-state index in [1.54, 1.807) is 0 Å². The van der Waals surface area contributed by atoms with Crippen molar-refractivity contribution in [2.24, 2.45) is 0 Å². The van der Waals surface area contributed by atoms with Crippen LogP contribution in [0.4, 0.5) is 0 Å². The average molecular weight is 733 g/mol. The summed E-state index contributed by atoms with van der Waals surface area (Å²) in [5.74, 6) is 0.0333. The van der Waals surface area contributed by atoms with Gasteiger partial charge in [-0.25, -0.2) is 0 Å². The van der Waals surface area contributed by atoms with Gasteiger partial charge in [0.15, 0.2) is 0 Å². The van der Waals surface area contributed by atoms with Crippen LogP contribution in [0.25, 0.3) is 0 Å². The highest BCUT2D eigenvalue weighted by Crippen LogP contribution is 2.17. The predicted octanol–water partition coefficient (Wildman–Crippen LogP) is 18.5. The van der Waals surface area contributed by atoms with Gasteiger partial charge in [0.25, 0.3) is 0 Å². The Hall–Kier alpha value is -0.530. The summed E-state index contributed by atoms with van der Waals surface area (Å²) in [7, 11) is 0. The first-order valence-electron chi connectivity index (χ1n) is 25.0. The van der Waals surface area contributed by atoms with Crippen LogP contribution >= 0.6 is 0 Å². The first kappa shape index (κ1) is 51.5. The van der Waals surface area contributed by atoms with Crippen molar-refractivity contribution >= 4 is 5.97 Å². The van der Waals surface area contributed by atoms with Crippen LogP contribution in [-0.4, -0.2) is 12.6 Å². The minimum atomic E-state index is 0.0333. The summed E-state index contributed by atoms with van der Waals surface area (Å²) in [5.41, 5.74) is 0. The monoisotopic (exact) mass is 733 g/mol. The predicted molar refractivity (Wildman–Crippen MR) is 235 cm³/mol. The van der Waals surface area contributed by atoms with Gasteiger partial charge in [-0.1, -0.05) is 290 Å². The van der Waals surface area contributed by atoms with Crippen molar-refractivity contribution in [3.8, 4) is 0 Å². The van der Waals surface area contributed by atoms with E-state index in [1.165, 1.54) is 276 Å². The van der Waals surface area contributed by atoms with E-state index < -0.39 is 0 Å². The van der Waals surface area contributed by atoms with Gasteiger partial charge in [-0.15, -0.1) is 0 Å². The highest BCUT2D eigenvalue weighted by atomic mass is 16.5. The second kappa shape index (κ2) is 48.5. The van der Waals surface area contributed by atoms with Crippen molar-refractivity contribution in [1.82, 2.24) is 0 Å². The number of ether oxygens (including phenoxy) is 1. The molecule has 0 aliphatic rings. The Labute approximate surface area is 330 Å². The van der Waals surface area contributed by atoms with Crippen LogP contribution in [0.1, 0.15) is 309 Å². The minimum absolute atomic E-state index is 0.0333. The Bertz CT molecular complexity index is 630. The lowest BCUT2D eigenvalue weighted by molar-refractivity contribution is -0.143. The quantitative estimate of drug-likeness (QED) is 0.0460. The second-order valence-corrected chi connectivity index (χ2v) is 17.2. The number of carbonyl (C=O) groups is 1. The molecule has 0 amide bonds. The van der Waals surface area contributed by atoms with E-state index in [4.69, 9.17) is 4.74 Å². The topological polar surface area (TPSA) is 26.3 Å². The molecule has 0 N–H and O–H groups in total. The highest BCUT2D eigenvalue weighted by molar-refractivity contribution is 5.69. The number of unbranched alkanes of at least 4 members (excludes halogenated alkanes) is 43. The maximum absolute atomic E-state index is 12.0. The molecule has 0 heterocycles. The Morgan fingerprint density at radius 3 is 0.635 bits per heavy atom. The highest BCUT2D eigenvalue weighted by Gasteiger charge is 2.03. The Morgan fingerprint density at radius 2 is 0.423 bits per heavy atom. The molecule has 0 aliphatic heterocycles. The fourth-order valence-corrected chi connectivity index (χ4v) is 8.02. The summed E-state index contributed by atoms with van der Waals surface area (Å²) in [6.45, 7) is 5.24. The fraction of sp³-hybridized carbons (Fsp3) is 0.980. The van der Waals surface area contributed by atoms with Crippen LogP contribution in [0.15, 0.2) is 0 Å². The maximum atomic E-state index is 12.0. The molecule has 52 heavy (non-hydrogen) atoms. The van der Waals surface area contributed by atoms with E-state index in [-0.39, 0.29) is 5.97 Å². The molecule has 0 aliphatic carbocycles. The second-order valence-electron chi connectivity index (χ2n) is 17.2. The number of carbonyl (C=O) groups excluding carboxylic acids is 1. The molecule has 0 atom stereocenters. The van der Waals surface area contributed by atoms with Crippen molar-refractivity contribution in [2.75, 3.05) is 6.61 Å². The Morgan fingerprint density at radius 1 is 0.250 bits per heavy atom. The summed E-state index contributed by atoms with van der Waals surface area (Å²) >= 11 is 0. The molecule has 2 heteroatoms. The van der Waals surface area contributed by atoms with Gasteiger partial charge in [0, 0.05) is 6.42 Å². The van der Waals surface area contributed by atoms with Gasteiger partial charge in [0.1, 0.15) is 0 Å². The number of hydrogen-bond donors (Lipinski definition) is 0. The van der Waals surface area contributed by atoms with Gasteiger partial charge in [0.2, 0.25) is 0 Å². The molecule has 0 aromatic carbocycles. The third-order valence-electron chi connectivity index (χ3n) is 11.7. The third-order valence-corrected chi connectivity index (χ3v) is 11.7.